The summed E-state index contributed by atoms with van der Waals surface area (Å²) in [5.74, 6) is -0.147. The molecule has 0 aromatic rings. The molecule has 0 aromatic carbocycles. The van der Waals surface area contributed by atoms with Gasteiger partial charge in [0.15, 0.2) is 0 Å². The maximum atomic E-state index is 12.8. The molecule has 0 saturated carbocycles. The minimum absolute atomic E-state index is 0.0120. The highest BCUT2D eigenvalue weighted by molar-refractivity contribution is 6.04. The van der Waals surface area contributed by atoms with E-state index in [-0.39, 0.29) is 11.8 Å². The van der Waals surface area contributed by atoms with Crippen molar-refractivity contribution in [2.24, 2.45) is 5.41 Å². The minimum Gasteiger partial charge on any atom is -0.355 e. The summed E-state index contributed by atoms with van der Waals surface area (Å²) in [6.45, 7) is 9.23. The Hall–Kier alpha value is -1.06. The molecule has 21 heavy (non-hydrogen) atoms. The largest absolute Gasteiger partial charge is 0.355 e. The predicted octanol–water partition coefficient (Wildman–Crippen LogP) is 3.11. The molecule has 1 aliphatic rings. The number of hydrogen-bond acceptors (Lipinski definition) is 2. The van der Waals surface area contributed by atoms with E-state index in [4.69, 9.17) is 0 Å². The molecule has 0 spiro atoms. The van der Waals surface area contributed by atoms with E-state index in [2.05, 4.69) is 19.2 Å². The molecule has 1 unspecified atom stereocenters. The molecule has 122 valence electrons. The van der Waals surface area contributed by atoms with Crippen molar-refractivity contribution in [1.29, 1.82) is 0 Å². The Morgan fingerprint density at radius 1 is 1.19 bits per heavy atom. The Balaban J connectivity index is 2.62. The van der Waals surface area contributed by atoms with Crippen LogP contribution in [0.3, 0.4) is 0 Å². The second-order valence-corrected chi connectivity index (χ2v) is 6.64. The van der Waals surface area contributed by atoms with Gasteiger partial charge in [0.2, 0.25) is 11.8 Å². The molecule has 0 radical (unpaired) electrons. The smallest absolute Gasteiger partial charge is 0.237 e. The summed E-state index contributed by atoms with van der Waals surface area (Å²) in [5, 5.41) is 2.92. The van der Waals surface area contributed by atoms with Crippen molar-refractivity contribution in [3.63, 3.8) is 0 Å². The fourth-order valence-electron chi connectivity index (χ4n) is 2.95. The lowest BCUT2D eigenvalue weighted by atomic mass is 9.87. The van der Waals surface area contributed by atoms with Crippen LogP contribution in [0.25, 0.3) is 0 Å². The van der Waals surface area contributed by atoms with Crippen molar-refractivity contribution in [2.75, 3.05) is 13.1 Å². The second kappa shape index (κ2) is 8.40. The van der Waals surface area contributed by atoms with E-state index >= 15 is 0 Å². The standard InChI is InChI=1S/C17H32N2O2/c1-5-7-9-12-18-15(20)17(3,4)16(21)19-13-10-8-11-14(19)6-2/h14H,5-13H2,1-4H3,(H,18,20). The zero-order valence-corrected chi connectivity index (χ0v) is 14.2. The van der Waals surface area contributed by atoms with E-state index in [0.29, 0.717) is 12.6 Å². The van der Waals surface area contributed by atoms with Crippen molar-refractivity contribution in [1.82, 2.24) is 10.2 Å². The molecular formula is C17H32N2O2. The Labute approximate surface area is 129 Å². The number of unbranched alkanes of at least 4 members (excludes halogenated alkanes) is 2. The quantitative estimate of drug-likeness (QED) is 0.579. The molecule has 1 fully saturated rings. The van der Waals surface area contributed by atoms with Crippen LogP contribution in [-0.2, 0) is 9.59 Å². The first-order chi connectivity index (χ1) is 9.95. The molecule has 1 rings (SSSR count). The third-order valence-corrected chi connectivity index (χ3v) is 4.53. The van der Waals surface area contributed by atoms with Crippen LogP contribution in [0, 0.1) is 5.41 Å². The molecule has 2 amide bonds. The van der Waals surface area contributed by atoms with Crippen LogP contribution in [0.15, 0.2) is 0 Å². The van der Waals surface area contributed by atoms with E-state index in [1.165, 1.54) is 6.42 Å². The Kier molecular flexibility index (Phi) is 7.20. The fourth-order valence-corrected chi connectivity index (χ4v) is 2.95. The van der Waals surface area contributed by atoms with E-state index in [1.807, 2.05) is 4.90 Å². The average Bonchev–Trinajstić information content (AvgIpc) is 2.50. The van der Waals surface area contributed by atoms with Crippen LogP contribution in [0.4, 0.5) is 0 Å². The maximum absolute atomic E-state index is 12.8. The number of nitrogens with one attached hydrogen (secondary N) is 1. The third-order valence-electron chi connectivity index (χ3n) is 4.53. The highest BCUT2D eigenvalue weighted by atomic mass is 16.2. The topological polar surface area (TPSA) is 49.4 Å². The van der Waals surface area contributed by atoms with Gasteiger partial charge in [0.05, 0.1) is 0 Å². The van der Waals surface area contributed by atoms with Crippen molar-refractivity contribution in [2.45, 2.75) is 78.7 Å². The molecule has 1 saturated heterocycles. The van der Waals surface area contributed by atoms with Gasteiger partial charge in [-0.15, -0.1) is 0 Å². The van der Waals surface area contributed by atoms with E-state index in [0.717, 1.165) is 45.1 Å². The lowest BCUT2D eigenvalue weighted by molar-refractivity contribution is -0.151. The summed E-state index contributed by atoms with van der Waals surface area (Å²) < 4.78 is 0. The Bertz CT molecular complexity index is 353. The van der Waals surface area contributed by atoms with Gasteiger partial charge in [-0.1, -0.05) is 26.7 Å². The lowest BCUT2D eigenvalue weighted by Crippen LogP contribution is -2.54. The molecule has 0 aromatic heterocycles. The van der Waals surface area contributed by atoms with Gasteiger partial charge in [0.1, 0.15) is 5.41 Å². The third kappa shape index (κ3) is 4.72. The number of likely N-dealkylation sites (tertiary alicyclic amines) is 1. The van der Waals surface area contributed by atoms with Gasteiger partial charge < -0.3 is 10.2 Å². The van der Waals surface area contributed by atoms with Crippen molar-refractivity contribution in [3.8, 4) is 0 Å². The highest BCUT2D eigenvalue weighted by Crippen LogP contribution is 2.27. The monoisotopic (exact) mass is 296 g/mol. The summed E-state index contributed by atoms with van der Waals surface area (Å²) in [4.78, 5) is 27.1. The number of rotatable bonds is 7. The number of carbonyl (C=O) groups excluding carboxylic acids is 2. The molecule has 0 bridgehead atoms. The van der Waals surface area contributed by atoms with Crippen LogP contribution in [0.5, 0.6) is 0 Å². The summed E-state index contributed by atoms with van der Waals surface area (Å²) in [6.07, 6.45) is 7.50. The summed E-state index contributed by atoms with van der Waals surface area (Å²) >= 11 is 0. The Morgan fingerprint density at radius 2 is 1.90 bits per heavy atom. The van der Waals surface area contributed by atoms with Crippen LogP contribution in [0.1, 0.15) is 72.6 Å². The molecular weight excluding hydrogens is 264 g/mol. The SMILES string of the molecule is CCCCCNC(=O)C(C)(C)C(=O)N1CCCCC1CC. The van der Waals surface area contributed by atoms with E-state index in [9.17, 15) is 9.59 Å². The summed E-state index contributed by atoms with van der Waals surface area (Å²) in [5.41, 5.74) is -0.961. The van der Waals surface area contributed by atoms with E-state index < -0.39 is 5.41 Å². The summed E-state index contributed by atoms with van der Waals surface area (Å²) in [7, 11) is 0. The zero-order chi connectivity index (χ0) is 15.9. The number of nitrogens with zero attached hydrogens (tertiary/aromatic N) is 1. The highest BCUT2D eigenvalue weighted by Gasteiger charge is 2.41. The molecule has 0 aliphatic carbocycles. The van der Waals surface area contributed by atoms with Crippen molar-refractivity contribution in [3.05, 3.63) is 0 Å². The Morgan fingerprint density at radius 3 is 2.52 bits per heavy atom. The second-order valence-electron chi connectivity index (χ2n) is 6.64. The minimum atomic E-state index is -0.961. The number of amides is 2. The molecule has 1 N–H and O–H groups in total. The fraction of sp³-hybridized carbons (Fsp3) is 0.882. The van der Waals surface area contributed by atoms with Gasteiger partial charge in [-0.2, -0.15) is 0 Å². The van der Waals surface area contributed by atoms with Gasteiger partial charge in [0, 0.05) is 19.1 Å². The van der Waals surface area contributed by atoms with Gasteiger partial charge in [-0.05, 0) is 46.0 Å². The molecule has 4 nitrogen and oxygen atoms in total. The lowest BCUT2D eigenvalue weighted by Gasteiger charge is -2.39. The normalized spacial score (nSPS) is 19.4. The number of carbonyl (C=O) groups is 2. The summed E-state index contributed by atoms with van der Waals surface area (Å²) in [6, 6.07) is 0.304. The first kappa shape index (κ1) is 18.0. The first-order valence-electron chi connectivity index (χ1n) is 8.54. The molecule has 1 aliphatic heterocycles. The zero-order valence-electron chi connectivity index (χ0n) is 14.2. The van der Waals surface area contributed by atoms with Crippen LogP contribution in [-0.4, -0.2) is 35.8 Å². The maximum Gasteiger partial charge on any atom is 0.237 e. The van der Waals surface area contributed by atoms with Crippen molar-refractivity contribution < 1.29 is 9.59 Å². The van der Waals surface area contributed by atoms with Gasteiger partial charge in [-0.3, -0.25) is 9.59 Å². The van der Waals surface area contributed by atoms with E-state index in [1.54, 1.807) is 13.8 Å². The van der Waals surface area contributed by atoms with Crippen LogP contribution in [0.2, 0.25) is 0 Å². The van der Waals surface area contributed by atoms with Gasteiger partial charge in [-0.25, -0.2) is 0 Å². The first-order valence-corrected chi connectivity index (χ1v) is 8.54. The van der Waals surface area contributed by atoms with Crippen LogP contribution >= 0.6 is 0 Å². The molecule has 4 heteroatoms. The average molecular weight is 296 g/mol. The van der Waals surface area contributed by atoms with Gasteiger partial charge in [0.25, 0.3) is 0 Å². The number of hydrogen-bond donors (Lipinski definition) is 1. The molecule has 1 heterocycles. The van der Waals surface area contributed by atoms with Gasteiger partial charge >= 0.3 is 0 Å². The number of piperidine rings is 1. The predicted molar refractivity (Wildman–Crippen MR) is 86.0 cm³/mol. The van der Waals surface area contributed by atoms with Crippen molar-refractivity contribution >= 4 is 11.8 Å². The van der Waals surface area contributed by atoms with Crippen LogP contribution < -0.4 is 5.32 Å². The molecule has 1 atom stereocenters.